The van der Waals surface area contributed by atoms with Gasteiger partial charge in [0.25, 0.3) is 0 Å². The minimum atomic E-state index is -4.67. The van der Waals surface area contributed by atoms with Gasteiger partial charge >= 0.3 is 6.18 Å². The molecule has 0 radical (unpaired) electrons. The van der Waals surface area contributed by atoms with Gasteiger partial charge in [-0.25, -0.2) is 8.78 Å². The standard InChI is InChI=1S/C22H22F5N3O3S/c1-21(28,12-31)20-30-29-19(34-20)13-4-6-17(15(10-13)22(25,26)27)32-8-2-3-9-33-18-7-5-14(23)11-16(18)24/h4-7,10-11,31H,2-3,8-9,12,28H2,1H3. The van der Waals surface area contributed by atoms with Crippen LogP contribution in [0, 0.1) is 11.6 Å². The number of aliphatic hydroxyl groups excluding tert-OH is 1. The van der Waals surface area contributed by atoms with Crippen LogP contribution >= 0.6 is 11.3 Å². The average molecular weight is 503 g/mol. The smallest absolute Gasteiger partial charge is 0.419 e. The van der Waals surface area contributed by atoms with E-state index in [-0.39, 0.29) is 35.3 Å². The second-order valence-corrected chi connectivity index (χ2v) is 8.65. The lowest BCUT2D eigenvalue weighted by molar-refractivity contribution is -0.138. The van der Waals surface area contributed by atoms with E-state index in [1.165, 1.54) is 19.1 Å². The molecule has 0 amide bonds. The number of hydrogen-bond acceptors (Lipinski definition) is 7. The highest BCUT2D eigenvalue weighted by Gasteiger charge is 2.35. The Kier molecular flexibility index (Phi) is 8.05. The zero-order chi connectivity index (χ0) is 24.9. The SMILES string of the molecule is CC(N)(CO)c1nnc(-c2ccc(OCCCCOc3ccc(F)cc3F)c(C(F)(F)F)c2)s1. The Balaban J connectivity index is 1.61. The number of aliphatic hydroxyl groups is 1. The number of benzene rings is 2. The van der Waals surface area contributed by atoms with Crippen LogP contribution in [0.3, 0.4) is 0 Å². The maximum atomic E-state index is 13.6. The third-order valence-corrected chi connectivity index (χ3v) is 5.97. The summed E-state index contributed by atoms with van der Waals surface area (Å²) in [5.41, 5.74) is 3.97. The highest BCUT2D eigenvalue weighted by molar-refractivity contribution is 7.14. The van der Waals surface area contributed by atoms with Gasteiger partial charge in [0.15, 0.2) is 11.6 Å². The maximum Gasteiger partial charge on any atom is 0.419 e. The second-order valence-electron chi connectivity index (χ2n) is 7.68. The topological polar surface area (TPSA) is 90.5 Å². The van der Waals surface area contributed by atoms with Crippen molar-refractivity contribution in [2.45, 2.75) is 31.5 Å². The summed E-state index contributed by atoms with van der Waals surface area (Å²) in [6, 6.07) is 6.49. The number of aromatic nitrogens is 2. The van der Waals surface area contributed by atoms with Crippen LogP contribution in [0.15, 0.2) is 36.4 Å². The van der Waals surface area contributed by atoms with Crippen molar-refractivity contribution in [2.75, 3.05) is 19.8 Å². The van der Waals surface area contributed by atoms with Crippen LogP contribution in [0.5, 0.6) is 11.5 Å². The molecule has 3 N–H and O–H groups in total. The van der Waals surface area contributed by atoms with Crippen LogP contribution in [-0.4, -0.2) is 35.1 Å². The summed E-state index contributed by atoms with van der Waals surface area (Å²) in [4.78, 5) is 0. The Morgan fingerprint density at radius 1 is 0.971 bits per heavy atom. The summed E-state index contributed by atoms with van der Waals surface area (Å²) < 4.78 is 77.8. The molecule has 0 aliphatic heterocycles. The zero-order valence-corrected chi connectivity index (χ0v) is 18.8. The number of halogens is 5. The van der Waals surface area contributed by atoms with Crippen molar-refractivity contribution in [3.63, 3.8) is 0 Å². The van der Waals surface area contributed by atoms with E-state index in [0.717, 1.165) is 29.5 Å². The maximum absolute atomic E-state index is 13.6. The van der Waals surface area contributed by atoms with Crippen LogP contribution in [0.2, 0.25) is 0 Å². The Morgan fingerprint density at radius 2 is 1.62 bits per heavy atom. The van der Waals surface area contributed by atoms with Crippen molar-refractivity contribution >= 4 is 11.3 Å². The fourth-order valence-corrected chi connectivity index (χ4v) is 3.70. The van der Waals surface area contributed by atoms with Crippen LogP contribution < -0.4 is 15.2 Å². The molecule has 6 nitrogen and oxygen atoms in total. The third-order valence-electron chi connectivity index (χ3n) is 4.72. The molecule has 12 heteroatoms. The molecule has 0 spiro atoms. The first kappa shape index (κ1) is 25.8. The van der Waals surface area contributed by atoms with Gasteiger partial charge < -0.3 is 20.3 Å². The number of nitrogens with zero attached hydrogens (tertiary/aromatic N) is 2. The largest absolute Gasteiger partial charge is 0.493 e. The van der Waals surface area contributed by atoms with Crippen molar-refractivity contribution in [3.8, 4) is 22.1 Å². The van der Waals surface area contributed by atoms with E-state index in [9.17, 15) is 27.1 Å². The van der Waals surface area contributed by atoms with Crippen LogP contribution in [-0.2, 0) is 11.7 Å². The predicted octanol–water partition coefficient (Wildman–Crippen LogP) is 4.91. The molecule has 1 heterocycles. The molecule has 0 bridgehead atoms. The summed E-state index contributed by atoms with van der Waals surface area (Å²) in [5.74, 6) is -2.00. The number of unbranched alkanes of at least 4 members (excludes halogenated alkanes) is 1. The molecule has 1 unspecified atom stereocenters. The molecule has 184 valence electrons. The van der Waals surface area contributed by atoms with Gasteiger partial charge in [-0.1, -0.05) is 11.3 Å². The van der Waals surface area contributed by atoms with Crippen LogP contribution in [0.4, 0.5) is 22.0 Å². The zero-order valence-electron chi connectivity index (χ0n) is 18.0. The van der Waals surface area contributed by atoms with Gasteiger partial charge in [-0.05, 0) is 50.1 Å². The van der Waals surface area contributed by atoms with E-state index in [1.807, 2.05) is 0 Å². The summed E-state index contributed by atoms with van der Waals surface area (Å²) >= 11 is 0.993. The second kappa shape index (κ2) is 10.6. The van der Waals surface area contributed by atoms with Crippen LogP contribution in [0.25, 0.3) is 10.6 Å². The summed E-state index contributed by atoms with van der Waals surface area (Å²) in [7, 11) is 0. The molecule has 0 aliphatic carbocycles. The predicted molar refractivity (Wildman–Crippen MR) is 116 cm³/mol. The lowest BCUT2D eigenvalue weighted by Gasteiger charge is -2.17. The number of rotatable bonds is 10. The normalized spacial score (nSPS) is 13.5. The molecular formula is C22H22F5N3O3S. The fourth-order valence-electron chi connectivity index (χ4n) is 2.81. The number of alkyl halides is 3. The lowest BCUT2D eigenvalue weighted by atomic mass is 10.1. The van der Waals surface area contributed by atoms with E-state index < -0.39 is 35.5 Å². The van der Waals surface area contributed by atoms with Gasteiger partial charge in [0.2, 0.25) is 0 Å². The molecule has 2 aromatic carbocycles. The molecule has 34 heavy (non-hydrogen) atoms. The quantitative estimate of drug-likeness (QED) is 0.302. The summed E-state index contributed by atoms with van der Waals surface area (Å²) in [6.45, 7) is 1.20. The molecule has 1 aromatic heterocycles. The molecule has 0 saturated carbocycles. The van der Waals surface area contributed by atoms with Gasteiger partial charge in [0, 0.05) is 11.6 Å². The Bertz CT molecular complexity index is 1120. The molecule has 0 aliphatic rings. The van der Waals surface area contributed by atoms with Crippen molar-refractivity contribution in [3.05, 3.63) is 58.6 Å². The minimum Gasteiger partial charge on any atom is -0.493 e. The Hall–Kier alpha value is -2.83. The lowest BCUT2D eigenvalue weighted by Crippen LogP contribution is -2.36. The molecule has 0 fully saturated rings. The number of nitrogens with two attached hydrogens (primary N) is 1. The van der Waals surface area contributed by atoms with Gasteiger partial charge in [0.1, 0.15) is 21.6 Å². The van der Waals surface area contributed by atoms with Gasteiger partial charge in [-0.15, -0.1) is 10.2 Å². The van der Waals surface area contributed by atoms with Crippen molar-refractivity contribution in [2.24, 2.45) is 5.73 Å². The molecule has 3 rings (SSSR count). The minimum absolute atomic E-state index is 0.0251. The first-order chi connectivity index (χ1) is 16.0. The molecular weight excluding hydrogens is 481 g/mol. The van der Waals surface area contributed by atoms with Crippen molar-refractivity contribution in [1.82, 2.24) is 10.2 Å². The number of hydrogen-bond donors (Lipinski definition) is 2. The Morgan fingerprint density at radius 3 is 2.24 bits per heavy atom. The highest BCUT2D eigenvalue weighted by Crippen LogP contribution is 2.39. The first-order valence-corrected chi connectivity index (χ1v) is 11.0. The fraction of sp³-hybridized carbons (Fsp3) is 0.364. The molecule has 1 atom stereocenters. The van der Waals surface area contributed by atoms with E-state index in [0.29, 0.717) is 23.9 Å². The third kappa shape index (κ3) is 6.39. The highest BCUT2D eigenvalue weighted by atomic mass is 32.1. The average Bonchev–Trinajstić information content (AvgIpc) is 3.28. The molecule has 0 saturated heterocycles. The van der Waals surface area contributed by atoms with Crippen molar-refractivity contribution in [1.29, 1.82) is 0 Å². The van der Waals surface area contributed by atoms with Gasteiger partial charge in [-0.3, -0.25) is 0 Å². The Labute approximate surface area is 196 Å². The summed E-state index contributed by atoms with van der Waals surface area (Å²) in [6.07, 6.45) is -3.94. The van der Waals surface area contributed by atoms with E-state index in [1.54, 1.807) is 0 Å². The van der Waals surface area contributed by atoms with E-state index in [4.69, 9.17) is 15.2 Å². The summed E-state index contributed by atoms with van der Waals surface area (Å²) in [5, 5.41) is 17.6. The first-order valence-electron chi connectivity index (χ1n) is 10.2. The van der Waals surface area contributed by atoms with E-state index in [2.05, 4.69) is 10.2 Å². The van der Waals surface area contributed by atoms with E-state index >= 15 is 0 Å². The van der Waals surface area contributed by atoms with Crippen molar-refractivity contribution < 1.29 is 36.5 Å². The number of ether oxygens (including phenoxy) is 2. The van der Waals surface area contributed by atoms with Crippen LogP contribution in [0.1, 0.15) is 30.3 Å². The monoisotopic (exact) mass is 503 g/mol. The molecule has 3 aromatic rings. The van der Waals surface area contributed by atoms with Gasteiger partial charge in [0.05, 0.1) is 30.9 Å². The van der Waals surface area contributed by atoms with Gasteiger partial charge in [-0.2, -0.15) is 13.2 Å².